The van der Waals surface area contributed by atoms with Gasteiger partial charge in [0.25, 0.3) is 5.91 Å². The third-order valence-electron chi connectivity index (χ3n) is 5.88. The Morgan fingerprint density at radius 3 is 2.39 bits per heavy atom. The number of halogens is 3. The first kappa shape index (κ1) is 27.1. The van der Waals surface area contributed by atoms with Gasteiger partial charge >= 0.3 is 12.1 Å². The van der Waals surface area contributed by atoms with Crippen molar-refractivity contribution in [3.05, 3.63) is 40.7 Å². The number of aromatic nitrogens is 2. The Balaban J connectivity index is 2.19. The van der Waals surface area contributed by atoms with Gasteiger partial charge in [-0.2, -0.15) is 18.3 Å². The van der Waals surface area contributed by atoms with E-state index >= 15 is 0 Å². The van der Waals surface area contributed by atoms with Gasteiger partial charge < -0.3 is 26.0 Å². The highest BCUT2D eigenvalue weighted by Gasteiger charge is 2.45. The number of carbonyl (C=O) groups excluding carboxylic acids is 3. The van der Waals surface area contributed by atoms with Crippen molar-refractivity contribution in [1.29, 1.82) is 0 Å². The molecule has 0 spiro atoms. The van der Waals surface area contributed by atoms with Gasteiger partial charge in [-0.05, 0) is 30.0 Å². The first-order chi connectivity index (χ1) is 16.6. The van der Waals surface area contributed by atoms with Gasteiger partial charge in [-0.15, -0.1) is 0 Å². The van der Waals surface area contributed by atoms with Crippen molar-refractivity contribution < 1.29 is 42.5 Å². The van der Waals surface area contributed by atoms with Crippen molar-refractivity contribution in [3.8, 4) is 5.69 Å². The molecule has 0 atom stereocenters. The van der Waals surface area contributed by atoms with Crippen LogP contribution in [0.15, 0.2) is 18.2 Å². The number of hydrogen-bond donors (Lipinski definition) is 4. The molecule has 0 radical (unpaired) electrons. The smallest absolute Gasteiger partial charge is 0.435 e. The molecule has 1 heterocycles. The topological polar surface area (TPSA) is 157 Å². The SMILES string of the molecule is CC(=O)OCC(CO)(CO)Nc1cc(-n2nc(C(F)(F)F)c3c2CC(C)(C)CC3=O)ccc1C(N)=O. The third-order valence-corrected chi connectivity index (χ3v) is 5.88. The standard InChI is InChI=1S/C23H27F3N4O6/c1-12(33)36-11-22(9-31,10-32)28-15-6-13(4-5-14(15)20(27)35)30-16-7-21(2,3)8-17(34)18(16)19(29-30)23(24,25)26/h4-6,28,31-32H,7-11H2,1-3H3,(H2,27,35). The molecule has 1 aromatic carbocycles. The van der Waals surface area contributed by atoms with E-state index in [0.717, 1.165) is 11.6 Å². The number of primary amides is 1. The minimum absolute atomic E-state index is 0.0607. The van der Waals surface area contributed by atoms with E-state index in [9.17, 15) is 37.8 Å². The Bertz CT molecular complexity index is 1200. The highest BCUT2D eigenvalue weighted by atomic mass is 19.4. The molecule has 0 bridgehead atoms. The maximum absolute atomic E-state index is 13.8. The maximum atomic E-state index is 13.8. The summed E-state index contributed by atoms with van der Waals surface area (Å²) in [5.41, 5.74) is 1.35. The van der Waals surface area contributed by atoms with Gasteiger partial charge in [-0.3, -0.25) is 14.4 Å². The number of Topliss-reactive ketones (excluding diaryl/α,β-unsaturated/α-hetero) is 1. The predicted molar refractivity (Wildman–Crippen MR) is 121 cm³/mol. The molecule has 13 heteroatoms. The second kappa shape index (κ2) is 9.54. The second-order valence-electron chi connectivity index (χ2n) is 9.62. The van der Waals surface area contributed by atoms with Gasteiger partial charge in [0.1, 0.15) is 12.1 Å². The molecule has 1 amide bonds. The number of fused-ring (bicyclic) bond motifs is 1. The van der Waals surface area contributed by atoms with Crippen LogP contribution in [0.3, 0.4) is 0 Å². The summed E-state index contributed by atoms with van der Waals surface area (Å²) < 4.78 is 47.3. The zero-order valence-corrected chi connectivity index (χ0v) is 19.9. The number of alkyl halides is 3. The molecule has 3 rings (SSSR count). The lowest BCUT2D eigenvalue weighted by Crippen LogP contribution is -2.50. The lowest BCUT2D eigenvalue weighted by Gasteiger charge is -2.32. The van der Waals surface area contributed by atoms with Crippen LogP contribution in [0.4, 0.5) is 18.9 Å². The summed E-state index contributed by atoms with van der Waals surface area (Å²) in [6, 6.07) is 3.81. The molecular formula is C23H27F3N4O6. The molecule has 196 valence electrons. The number of aliphatic hydroxyl groups excluding tert-OH is 2. The Morgan fingerprint density at radius 2 is 1.86 bits per heavy atom. The number of nitrogens with zero attached hydrogens (tertiary/aromatic N) is 2. The number of amides is 1. The van der Waals surface area contributed by atoms with Crippen molar-refractivity contribution in [2.24, 2.45) is 11.1 Å². The summed E-state index contributed by atoms with van der Waals surface area (Å²) >= 11 is 0. The molecular weight excluding hydrogens is 485 g/mol. The largest absolute Gasteiger partial charge is 0.463 e. The average molecular weight is 512 g/mol. The van der Waals surface area contributed by atoms with E-state index in [1.54, 1.807) is 13.8 Å². The summed E-state index contributed by atoms with van der Waals surface area (Å²) in [5.74, 6) is -2.27. The van der Waals surface area contributed by atoms with E-state index in [-0.39, 0.29) is 35.5 Å². The molecule has 0 saturated carbocycles. The number of nitrogens with one attached hydrogen (secondary N) is 1. The van der Waals surface area contributed by atoms with Gasteiger partial charge in [0.2, 0.25) is 0 Å². The Labute approximate surface area is 204 Å². The zero-order valence-electron chi connectivity index (χ0n) is 19.9. The lowest BCUT2D eigenvalue weighted by atomic mass is 9.75. The highest BCUT2D eigenvalue weighted by Crippen LogP contribution is 2.42. The number of ether oxygens (including phenoxy) is 1. The fourth-order valence-corrected chi connectivity index (χ4v) is 4.12. The van der Waals surface area contributed by atoms with Crippen molar-refractivity contribution in [3.63, 3.8) is 0 Å². The summed E-state index contributed by atoms with van der Waals surface area (Å²) in [6.45, 7) is 2.67. The zero-order chi connectivity index (χ0) is 27.1. The van der Waals surface area contributed by atoms with Crippen LogP contribution < -0.4 is 11.1 Å². The van der Waals surface area contributed by atoms with Crippen LogP contribution >= 0.6 is 0 Å². The van der Waals surface area contributed by atoms with Gasteiger partial charge in [0.15, 0.2) is 11.5 Å². The van der Waals surface area contributed by atoms with Crippen molar-refractivity contribution in [1.82, 2.24) is 9.78 Å². The molecule has 2 aromatic rings. The Kier molecular flexibility index (Phi) is 7.19. The van der Waals surface area contributed by atoms with E-state index in [1.807, 2.05) is 0 Å². The first-order valence-electron chi connectivity index (χ1n) is 10.9. The molecule has 0 aliphatic heterocycles. The van der Waals surface area contributed by atoms with Gasteiger partial charge in [0, 0.05) is 19.0 Å². The van der Waals surface area contributed by atoms with Gasteiger partial charge in [0.05, 0.1) is 35.7 Å². The number of esters is 1. The number of rotatable bonds is 8. The lowest BCUT2D eigenvalue weighted by molar-refractivity contribution is -0.143. The normalized spacial score (nSPS) is 15.4. The molecule has 0 saturated heterocycles. The molecule has 5 N–H and O–H groups in total. The third kappa shape index (κ3) is 5.36. The van der Waals surface area contributed by atoms with Crippen LogP contribution in [0.2, 0.25) is 0 Å². The Morgan fingerprint density at radius 1 is 1.22 bits per heavy atom. The number of anilines is 1. The summed E-state index contributed by atoms with van der Waals surface area (Å²) in [6.07, 6.45) is -4.83. The first-order valence-corrected chi connectivity index (χ1v) is 10.9. The molecule has 10 nitrogen and oxygen atoms in total. The van der Waals surface area contributed by atoms with Crippen LogP contribution in [0.1, 0.15) is 59.3 Å². The summed E-state index contributed by atoms with van der Waals surface area (Å²) in [4.78, 5) is 36.0. The van der Waals surface area contributed by atoms with E-state index in [2.05, 4.69) is 10.4 Å². The molecule has 1 aromatic heterocycles. The second-order valence-corrected chi connectivity index (χ2v) is 9.62. The number of aliphatic hydroxyl groups is 2. The number of ketones is 1. The predicted octanol–water partition coefficient (Wildman–Crippen LogP) is 1.84. The average Bonchev–Trinajstić information content (AvgIpc) is 3.15. The van der Waals surface area contributed by atoms with E-state index in [0.29, 0.717) is 0 Å². The van der Waals surface area contributed by atoms with E-state index < -0.39 is 65.9 Å². The Hall–Kier alpha value is -3.45. The van der Waals surface area contributed by atoms with Crippen molar-refractivity contribution >= 4 is 23.3 Å². The quantitative estimate of drug-likeness (QED) is 0.390. The highest BCUT2D eigenvalue weighted by molar-refractivity contribution is 6.00. The fraction of sp³-hybridized carbons (Fsp3) is 0.478. The van der Waals surface area contributed by atoms with Crippen LogP contribution in [0.5, 0.6) is 0 Å². The minimum atomic E-state index is -4.88. The van der Waals surface area contributed by atoms with Crippen LogP contribution in [-0.4, -0.2) is 63.0 Å². The van der Waals surface area contributed by atoms with Crippen molar-refractivity contribution in [2.45, 2.75) is 45.3 Å². The van der Waals surface area contributed by atoms with Crippen LogP contribution in [0.25, 0.3) is 5.69 Å². The number of nitrogens with two attached hydrogens (primary N) is 1. The minimum Gasteiger partial charge on any atom is -0.463 e. The number of hydrogen-bond acceptors (Lipinski definition) is 8. The molecule has 0 unspecified atom stereocenters. The van der Waals surface area contributed by atoms with E-state index in [1.165, 1.54) is 18.2 Å². The maximum Gasteiger partial charge on any atom is 0.435 e. The fourth-order valence-electron chi connectivity index (χ4n) is 4.12. The van der Waals surface area contributed by atoms with Crippen LogP contribution in [0, 0.1) is 5.41 Å². The van der Waals surface area contributed by atoms with Crippen LogP contribution in [-0.2, 0) is 22.1 Å². The molecule has 1 aliphatic carbocycles. The number of carbonyl (C=O) groups is 3. The van der Waals surface area contributed by atoms with Crippen molar-refractivity contribution in [2.75, 3.05) is 25.1 Å². The number of benzene rings is 1. The summed E-state index contributed by atoms with van der Waals surface area (Å²) in [5, 5.41) is 26.2. The monoisotopic (exact) mass is 512 g/mol. The van der Waals surface area contributed by atoms with Gasteiger partial charge in [-0.1, -0.05) is 13.8 Å². The molecule has 0 fully saturated rings. The van der Waals surface area contributed by atoms with E-state index in [4.69, 9.17) is 10.5 Å². The molecule has 36 heavy (non-hydrogen) atoms. The summed E-state index contributed by atoms with van der Waals surface area (Å²) in [7, 11) is 0. The molecule has 1 aliphatic rings. The van der Waals surface area contributed by atoms with Gasteiger partial charge in [-0.25, -0.2) is 4.68 Å².